The van der Waals surface area contributed by atoms with Crippen molar-refractivity contribution in [2.75, 3.05) is 23.9 Å². The standard InChI is InChI=1S/C15H17ClN4O2S/c1-8-4-11(12(22-3)6-10(8)16)19-14(21)7-23-15-18-9(2)5-13(17)20-15/h4-6H,7H2,1-3H3,(H,19,21)(H2,17,18,20). The molecule has 8 heteroatoms. The molecule has 0 bridgehead atoms. The molecular formula is C15H17ClN4O2S. The molecule has 0 aliphatic rings. The van der Waals surface area contributed by atoms with E-state index in [9.17, 15) is 4.79 Å². The van der Waals surface area contributed by atoms with E-state index in [0.29, 0.717) is 27.4 Å². The number of rotatable bonds is 5. The minimum absolute atomic E-state index is 0.160. The Morgan fingerprint density at radius 3 is 2.74 bits per heavy atom. The molecule has 1 aromatic carbocycles. The molecule has 0 unspecified atom stereocenters. The van der Waals surface area contributed by atoms with Crippen LogP contribution in [0.5, 0.6) is 5.75 Å². The number of carbonyl (C=O) groups is 1. The first kappa shape index (κ1) is 17.4. The maximum Gasteiger partial charge on any atom is 0.234 e. The number of nitrogens with two attached hydrogens (primary N) is 1. The summed E-state index contributed by atoms with van der Waals surface area (Å²) in [6.45, 7) is 3.68. The number of ether oxygens (including phenoxy) is 1. The van der Waals surface area contributed by atoms with Crippen molar-refractivity contribution in [3.05, 3.63) is 34.5 Å². The van der Waals surface area contributed by atoms with E-state index in [4.69, 9.17) is 22.1 Å². The summed E-state index contributed by atoms with van der Waals surface area (Å²) in [6, 6.07) is 5.11. The highest BCUT2D eigenvalue weighted by atomic mass is 35.5. The molecule has 0 aliphatic carbocycles. The number of methoxy groups -OCH3 is 1. The predicted octanol–water partition coefficient (Wildman–Crippen LogP) is 3.07. The highest BCUT2D eigenvalue weighted by molar-refractivity contribution is 7.99. The molecule has 3 N–H and O–H groups in total. The van der Waals surface area contributed by atoms with Crippen molar-refractivity contribution in [2.45, 2.75) is 19.0 Å². The van der Waals surface area contributed by atoms with Gasteiger partial charge in [0.25, 0.3) is 0 Å². The first-order valence-electron chi connectivity index (χ1n) is 6.77. The number of aromatic nitrogens is 2. The van der Waals surface area contributed by atoms with Gasteiger partial charge in [0.1, 0.15) is 11.6 Å². The van der Waals surface area contributed by atoms with Crippen LogP contribution in [0.3, 0.4) is 0 Å². The summed E-state index contributed by atoms with van der Waals surface area (Å²) in [7, 11) is 1.52. The fraction of sp³-hybridized carbons (Fsp3) is 0.267. The molecule has 0 spiro atoms. The van der Waals surface area contributed by atoms with Crippen LogP contribution in [0, 0.1) is 13.8 Å². The third-order valence-corrected chi connectivity index (χ3v) is 4.20. The number of benzene rings is 1. The summed E-state index contributed by atoms with van der Waals surface area (Å²) in [6.07, 6.45) is 0. The van der Waals surface area contributed by atoms with Crippen molar-refractivity contribution in [2.24, 2.45) is 0 Å². The molecule has 0 aliphatic heterocycles. The van der Waals surface area contributed by atoms with Gasteiger partial charge in [-0.15, -0.1) is 0 Å². The van der Waals surface area contributed by atoms with Crippen LogP contribution < -0.4 is 15.8 Å². The average Bonchev–Trinajstić information content (AvgIpc) is 2.47. The summed E-state index contributed by atoms with van der Waals surface area (Å²) in [4.78, 5) is 20.4. The molecule has 23 heavy (non-hydrogen) atoms. The van der Waals surface area contributed by atoms with E-state index >= 15 is 0 Å². The number of carbonyl (C=O) groups excluding carboxylic acids is 1. The predicted molar refractivity (Wildman–Crippen MR) is 93.3 cm³/mol. The van der Waals surface area contributed by atoms with Crippen LogP contribution in [0.25, 0.3) is 0 Å². The number of amides is 1. The number of halogens is 1. The van der Waals surface area contributed by atoms with Gasteiger partial charge in [-0.05, 0) is 25.5 Å². The summed E-state index contributed by atoms with van der Waals surface area (Å²) in [5.41, 5.74) is 7.85. The summed E-state index contributed by atoms with van der Waals surface area (Å²) in [5.74, 6) is 0.859. The number of nitrogens with one attached hydrogen (secondary N) is 1. The van der Waals surface area contributed by atoms with Crippen LogP contribution >= 0.6 is 23.4 Å². The molecular weight excluding hydrogens is 336 g/mol. The number of nitrogens with zero attached hydrogens (tertiary/aromatic N) is 2. The second-order valence-corrected chi connectivity index (χ2v) is 6.20. The second-order valence-electron chi connectivity index (χ2n) is 4.86. The highest BCUT2D eigenvalue weighted by Crippen LogP contribution is 2.31. The third-order valence-electron chi connectivity index (χ3n) is 2.94. The number of hydrogen-bond donors (Lipinski definition) is 2. The maximum absolute atomic E-state index is 12.1. The van der Waals surface area contributed by atoms with Gasteiger partial charge in [-0.3, -0.25) is 4.79 Å². The van der Waals surface area contributed by atoms with Gasteiger partial charge in [-0.1, -0.05) is 23.4 Å². The minimum Gasteiger partial charge on any atom is -0.495 e. The number of anilines is 2. The van der Waals surface area contributed by atoms with Crippen LogP contribution in [0.15, 0.2) is 23.4 Å². The molecule has 1 heterocycles. The van der Waals surface area contributed by atoms with E-state index < -0.39 is 0 Å². The lowest BCUT2D eigenvalue weighted by Gasteiger charge is -2.12. The molecule has 2 rings (SSSR count). The first-order valence-corrected chi connectivity index (χ1v) is 8.13. The van der Waals surface area contributed by atoms with Gasteiger partial charge in [-0.25, -0.2) is 9.97 Å². The molecule has 1 amide bonds. The smallest absolute Gasteiger partial charge is 0.234 e. The van der Waals surface area contributed by atoms with E-state index in [-0.39, 0.29) is 11.7 Å². The van der Waals surface area contributed by atoms with Crippen LogP contribution in [-0.2, 0) is 4.79 Å². The first-order chi connectivity index (χ1) is 10.9. The van der Waals surface area contributed by atoms with Gasteiger partial charge in [0.05, 0.1) is 18.6 Å². The molecule has 2 aromatic rings. The maximum atomic E-state index is 12.1. The average molecular weight is 353 g/mol. The van der Waals surface area contributed by atoms with Crippen molar-refractivity contribution in [1.29, 1.82) is 0 Å². The Bertz CT molecular complexity index is 719. The monoisotopic (exact) mass is 352 g/mol. The van der Waals surface area contributed by atoms with E-state index in [1.165, 1.54) is 18.9 Å². The van der Waals surface area contributed by atoms with E-state index in [0.717, 1.165) is 11.3 Å². The highest BCUT2D eigenvalue weighted by Gasteiger charge is 2.11. The zero-order valence-electron chi connectivity index (χ0n) is 13.0. The van der Waals surface area contributed by atoms with E-state index in [1.54, 1.807) is 18.2 Å². The van der Waals surface area contributed by atoms with Crippen molar-refractivity contribution < 1.29 is 9.53 Å². The Morgan fingerprint density at radius 2 is 2.09 bits per heavy atom. The SMILES string of the molecule is COc1cc(Cl)c(C)cc1NC(=O)CSc1nc(C)cc(N)n1. The molecule has 1 aromatic heterocycles. The van der Waals surface area contributed by atoms with Crippen LogP contribution in [-0.4, -0.2) is 28.7 Å². The lowest BCUT2D eigenvalue weighted by molar-refractivity contribution is -0.113. The van der Waals surface area contributed by atoms with Gasteiger partial charge in [0, 0.05) is 22.8 Å². The summed E-state index contributed by atoms with van der Waals surface area (Å²) >= 11 is 7.26. The van der Waals surface area contributed by atoms with E-state index in [2.05, 4.69) is 15.3 Å². The molecule has 0 radical (unpaired) electrons. The van der Waals surface area contributed by atoms with Gasteiger partial charge in [0.15, 0.2) is 5.16 Å². The fourth-order valence-corrected chi connectivity index (χ4v) is 2.74. The Hall–Kier alpha value is -1.99. The fourth-order valence-electron chi connectivity index (χ4n) is 1.88. The van der Waals surface area contributed by atoms with Gasteiger partial charge in [-0.2, -0.15) is 0 Å². The van der Waals surface area contributed by atoms with Gasteiger partial charge in [0.2, 0.25) is 5.91 Å². The topological polar surface area (TPSA) is 90.1 Å². The molecule has 122 valence electrons. The van der Waals surface area contributed by atoms with Crippen molar-refractivity contribution in [3.63, 3.8) is 0 Å². The summed E-state index contributed by atoms with van der Waals surface area (Å²) < 4.78 is 5.23. The molecule has 0 saturated carbocycles. The lowest BCUT2D eigenvalue weighted by Crippen LogP contribution is -2.15. The lowest BCUT2D eigenvalue weighted by atomic mass is 10.2. The summed E-state index contributed by atoms with van der Waals surface area (Å²) in [5, 5.41) is 3.85. The van der Waals surface area contributed by atoms with Crippen molar-refractivity contribution in [3.8, 4) is 5.75 Å². The van der Waals surface area contributed by atoms with Gasteiger partial charge >= 0.3 is 0 Å². The Balaban J connectivity index is 2.04. The normalized spacial score (nSPS) is 10.4. The largest absolute Gasteiger partial charge is 0.495 e. The Morgan fingerprint density at radius 1 is 1.35 bits per heavy atom. The quantitative estimate of drug-likeness (QED) is 0.635. The van der Waals surface area contributed by atoms with Crippen LogP contribution in [0.2, 0.25) is 5.02 Å². The van der Waals surface area contributed by atoms with E-state index in [1.807, 2.05) is 13.8 Å². The minimum atomic E-state index is -0.196. The number of hydrogen-bond acceptors (Lipinski definition) is 6. The van der Waals surface area contributed by atoms with Gasteiger partial charge < -0.3 is 15.8 Å². The third kappa shape index (κ3) is 4.74. The number of aryl methyl sites for hydroxylation is 2. The number of thioether (sulfide) groups is 1. The second kappa shape index (κ2) is 7.52. The zero-order valence-corrected chi connectivity index (χ0v) is 14.6. The molecule has 0 fully saturated rings. The number of nitrogen functional groups attached to an aromatic ring is 1. The van der Waals surface area contributed by atoms with Crippen LogP contribution in [0.1, 0.15) is 11.3 Å². The molecule has 6 nitrogen and oxygen atoms in total. The zero-order chi connectivity index (χ0) is 17.0. The Labute approximate surface area is 143 Å². The molecule has 0 saturated heterocycles. The van der Waals surface area contributed by atoms with Crippen molar-refractivity contribution >= 4 is 40.8 Å². The molecule has 0 atom stereocenters. The van der Waals surface area contributed by atoms with Crippen LogP contribution in [0.4, 0.5) is 11.5 Å². The Kier molecular flexibility index (Phi) is 5.68. The van der Waals surface area contributed by atoms with Crippen molar-refractivity contribution in [1.82, 2.24) is 9.97 Å².